The van der Waals surface area contributed by atoms with E-state index >= 15 is 0 Å². The highest BCUT2D eigenvalue weighted by molar-refractivity contribution is 6.35. The van der Waals surface area contributed by atoms with Crippen LogP contribution in [0.15, 0.2) is 36.4 Å². The number of benzene rings is 2. The molecule has 0 spiro atoms. The van der Waals surface area contributed by atoms with Crippen LogP contribution in [-0.2, 0) is 6.42 Å². The van der Waals surface area contributed by atoms with Crippen molar-refractivity contribution in [2.45, 2.75) is 19.4 Å². The van der Waals surface area contributed by atoms with Crippen LogP contribution in [0.1, 0.15) is 24.1 Å². The lowest BCUT2D eigenvalue weighted by Gasteiger charge is -2.16. The molecule has 0 saturated heterocycles. The maximum Gasteiger partial charge on any atom is 0.142 e. The fraction of sp³-hybridized carbons (Fsp3) is 0.250. The first-order chi connectivity index (χ1) is 9.97. The lowest BCUT2D eigenvalue weighted by Crippen LogP contribution is -2.21. The minimum atomic E-state index is -0.491. The first kappa shape index (κ1) is 16.2. The summed E-state index contributed by atoms with van der Waals surface area (Å²) in [6, 6.07) is 9.07. The van der Waals surface area contributed by atoms with Gasteiger partial charge >= 0.3 is 0 Å². The van der Waals surface area contributed by atoms with Crippen molar-refractivity contribution in [2.24, 2.45) is 0 Å². The van der Waals surface area contributed by atoms with Gasteiger partial charge in [0.25, 0.3) is 0 Å². The van der Waals surface area contributed by atoms with E-state index in [2.05, 4.69) is 5.32 Å². The van der Waals surface area contributed by atoms with E-state index in [-0.39, 0.29) is 16.9 Å². The zero-order valence-corrected chi connectivity index (χ0v) is 13.0. The van der Waals surface area contributed by atoms with Crippen LogP contribution in [0, 0.1) is 11.6 Å². The number of hydrogen-bond donors (Lipinski definition) is 1. The van der Waals surface area contributed by atoms with Crippen molar-refractivity contribution >= 4 is 23.2 Å². The minimum Gasteiger partial charge on any atom is -0.310 e. The Morgan fingerprint density at radius 2 is 1.86 bits per heavy atom. The Morgan fingerprint density at radius 3 is 2.57 bits per heavy atom. The molecule has 1 atom stereocenters. The molecule has 2 aromatic carbocycles. The second kappa shape index (κ2) is 7.21. The normalized spacial score (nSPS) is 12.4. The maximum atomic E-state index is 13.5. The van der Waals surface area contributed by atoms with Gasteiger partial charge in [-0.2, -0.15) is 0 Å². The predicted octanol–water partition coefficient (Wildman–Crippen LogP) is 5.16. The average molecular weight is 330 g/mol. The third kappa shape index (κ3) is 4.40. The predicted molar refractivity (Wildman–Crippen MR) is 82.9 cm³/mol. The lowest BCUT2D eigenvalue weighted by molar-refractivity contribution is 0.565. The van der Waals surface area contributed by atoms with E-state index in [1.807, 2.05) is 13.0 Å². The summed E-state index contributed by atoms with van der Waals surface area (Å²) in [4.78, 5) is 0. The Bertz CT molecular complexity index is 632. The topological polar surface area (TPSA) is 12.0 Å². The van der Waals surface area contributed by atoms with Crippen LogP contribution < -0.4 is 5.32 Å². The van der Waals surface area contributed by atoms with Crippen molar-refractivity contribution in [3.8, 4) is 0 Å². The summed E-state index contributed by atoms with van der Waals surface area (Å²) >= 11 is 11.7. The zero-order valence-electron chi connectivity index (χ0n) is 11.5. The van der Waals surface area contributed by atoms with Gasteiger partial charge in [0, 0.05) is 11.1 Å². The molecule has 5 heteroatoms. The second-order valence-electron chi connectivity index (χ2n) is 4.84. The van der Waals surface area contributed by atoms with E-state index in [0.717, 1.165) is 5.56 Å². The fourth-order valence-corrected chi connectivity index (χ4v) is 2.65. The molecule has 2 rings (SSSR count). The zero-order chi connectivity index (χ0) is 15.4. The third-order valence-corrected chi connectivity index (χ3v) is 3.88. The number of rotatable bonds is 5. The summed E-state index contributed by atoms with van der Waals surface area (Å²) in [6.07, 6.45) is 0.676. The van der Waals surface area contributed by atoms with E-state index in [1.54, 1.807) is 6.07 Å². The summed E-state index contributed by atoms with van der Waals surface area (Å²) in [5.41, 5.74) is 1.56. The van der Waals surface area contributed by atoms with Crippen LogP contribution in [0.2, 0.25) is 10.0 Å². The summed E-state index contributed by atoms with van der Waals surface area (Å²) < 4.78 is 26.6. The number of halogens is 4. The SMILES string of the molecule is CC(NCCc1cccc(F)c1)c1cc(F)c(Cl)cc1Cl. The van der Waals surface area contributed by atoms with Gasteiger partial charge in [-0.15, -0.1) is 0 Å². The van der Waals surface area contributed by atoms with Crippen molar-refractivity contribution in [3.05, 3.63) is 69.2 Å². The van der Waals surface area contributed by atoms with Crippen molar-refractivity contribution in [3.63, 3.8) is 0 Å². The molecule has 1 unspecified atom stereocenters. The quantitative estimate of drug-likeness (QED) is 0.746. The molecule has 0 saturated carbocycles. The molecule has 0 bridgehead atoms. The summed E-state index contributed by atoms with van der Waals surface area (Å²) in [5, 5.41) is 3.67. The van der Waals surface area contributed by atoms with Crippen molar-refractivity contribution < 1.29 is 8.78 Å². The van der Waals surface area contributed by atoms with E-state index < -0.39 is 5.82 Å². The molecule has 0 fully saturated rings. The fourth-order valence-electron chi connectivity index (χ4n) is 2.11. The van der Waals surface area contributed by atoms with Gasteiger partial charge in [-0.25, -0.2) is 8.78 Å². The van der Waals surface area contributed by atoms with E-state index in [9.17, 15) is 8.78 Å². The summed E-state index contributed by atoms with van der Waals surface area (Å²) in [5.74, 6) is -0.738. The molecule has 2 aromatic rings. The standard InChI is InChI=1S/C16H15Cl2F2N/c1-10(13-8-16(20)15(18)9-14(13)17)21-6-5-11-3-2-4-12(19)7-11/h2-4,7-10,21H,5-6H2,1H3. The Morgan fingerprint density at radius 1 is 1.10 bits per heavy atom. The average Bonchev–Trinajstić information content (AvgIpc) is 2.43. The highest BCUT2D eigenvalue weighted by Crippen LogP contribution is 2.28. The third-order valence-electron chi connectivity index (χ3n) is 3.26. The molecule has 0 radical (unpaired) electrons. The van der Waals surface area contributed by atoms with Gasteiger partial charge in [0.1, 0.15) is 11.6 Å². The Kier molecular flexibility index (Phi) is 5.57. The van der Waals surface area contributed by atoms with Crippen molar-refractivity contribution in [1.29, 1.82) is 0 Å². The van der Waals surface area contributed by atoms with Gasteiger partial charge in [-0.3, -0.25) is 0 Å². The molecule has 1 nitrogen and oxygen atoms in total. The molecule has 0 aromatic heterocycles. The van der Waals surface area contributed by atoms with E-state index in [1.165, 1.54) is 24.3 Å². The van der Waals surface area contributed by atoms with Crippen molar-refractivity contribution in [1.82, 2.24) is 5.32 Å². The molecular weight excluding hydrogens is 315 g/mol. The molecule has 112 valence electrons. The molecular formula is C16H15Cl2F2N. The van der Waals surface area contributed by atoms with Crippen molar-refractivity contribution in [2.75, 3.05) is 6.54 Å². The summed E-state index contributed by atoms with van der Waals surface area (Å²) in [7, 11) is 0. The number of hydrogen-bond acceptors (Lipinski definition) is 1. The van der Waals surface area contributed by atoms with E-state index in [0.29, 0.717) is 23.6 Å². The molecule has 0 aliphatic rings. The van der Waals surface area contributed by atoms with Gasteiger partial charge in [0.2, 0.25) is 0 Å². The van der Waals surface area contributed by atoms with Crippen LogP contribution in [0.25, 0.3) is 0 Å². The van der Waals surface area contributed by atoms with Crippen LogP contribution >= 0.6 is 23.2 Å². The van der Waals surface area contributed by atoms with Crippen LogP contribution in [-0.4, -0.2) is 6.54 Å². The molecule has 0 aliphatic carbocycles. The molecule has 0 amide bonds. The molecule has 0 heterocycles. The minimum absolute atomic E-state index is 0.00992. The Balaban J connectivity index is 1.96. The Hall–Kier alpha value is -1.16. The van der Waals surface area contributed by atoms with Gasteiger partial charge in [-0.1, -0.05) is 35.3 Å². The van der Waals surface area contributed by atoms with Gasteiger partial charge in [-0.05, 0) is 55.3 Å². The van der Waals surface area contributed by atoms with Crippen LogP contribution in [0.5, 0.6) is 0 Å². The monoisotopic (exact) mass is 329 g/mol. The second-order valence-corrected chi connectivity index (χ2v) is 5.66. The van der Waals surface area contributed by atoms with Gasteiger partial charge in [0.15, 0.2) is 0 Å². The smallest absolute Gasteiger partial charge is 0.142 e. The molecule has 21 heavy (non-hydrogen) atoms. The first-order valence-electron chi connectivity index (χ1n) is 6.59. The largest absolute Gasteiger partial charge is 0.310 e. The van der Waals surface area contributed by atoms with Crippen LogP contribution in [0.4, 0.5) is 8.78 Å². The lowest BCUT2D eigenvalue weighted by atomic mass is 10.1. The summed E-state index contributed by atoms with van der Waals surface area (Å²) in [6.45, 7) is 2.52. The van der Waals surface area contributed by atoms with E-state index in [4.69, 9.17) is 23.2 Å². The van der Waals surface area contributed by atoms with Gasteiger partial charge in [0.05, 0.1) is 5.02 Å². The van der Waals surface area contributed by atoms with Gasteiger partial charge < -0.3 is 5.32 Å². The highest BCUT2D eigenvalue weighted by atomic mass is 35.5. The van der Waals surface area contributed by atoms with Crippen LogP contribution in [0.3, 0.4) is 0 Å². The maximum absolute atomic E-state index is 13.5. The Labute approximate surface area is 132 Å². The molecule has 0 aliphatic heterocycles. The highest BCUT2D eigenvalue weighted by Gasteiger charge is 2.13. The number of nitrogens with one attached hydrogen (secondary N) is 1. The first-order valence-corrected chi connectivity index (χ1v) is 7.35. The molecule has 1 N–H and O–H groups in total.